The number of hydrogen-bond donors (Lipinski definition) is 2. The Balaban J connectivity index is 1.35. The molecule has 1 aromatic rings. The zero-order chi connectivity index (χ0) is 17.1. The number of nitrogens with zero attached hydrogens (tertiary/aromatic N) is 2. The smallest absolute Gasteiger partial charge is 0.228 e. The molecular weight excluding hydrogens is 316 g/mol. The highest BCUT2D eigenvalue weighted by molar-refractivity contribution is 5.83. The highest BCUT2D eigenvalue weighted by Gasteiger charge is 2.49. The molecule has 25 heavy (non-hydrogen) atoms. The molecule has 1 aromatic heterocycles. The maximum Gasteiger partial charge on any atom is 0.228 e. The van der Waals surface area contributed by atoms with Gasteiger partial charge in [0.05, 0.1) is 18.6 Å². The van der Waals surface area contributed by atoms with Crippen molar-refractivity contribution in [3.05, 3.63) is 23.9 Å². The Hall–Kier alpha value is -1.66. The van der Waals surface area contributed by atoms with Gasteiger partial charge in [-0.1, -0.05) is 18.9 Å². The molecule has 2 atom stereocenters. The lowest BCUT2D eigenvalue weighted by Gasteiger charge is -2.37. The van der Waals surface area contributed by atoms with Crippen LogP contribution in [0, 0.1) is 11.3 Å². The van der Waals surface area contributed by atoms with Gasteiger partial charge in [0.2, 0.25) is 5.91 Å². The molecule has 0 bridgehead atoms. The lowest BCUT2D eigenvalue weighted by Crippen LogP contribution is -2.47. The number of rotatable bonds is 4. The van der Waals surface area contributed by atoms with Crippen LogP contribution >= 0.6 is 0 Å². The van der Waals surface area contributed by atoms with Crippen molar-refractivity contribution in [3.63, 3.8) is 0 Å². The molecule has 1 amide bonds. The maximum atomic E-state index is 12.9. The quantitative estimate of drug-likeness (QED) is 0.862. The van der Waals surface area contributed by atoms with Gasteiger partial charge in [-0.05, 0) is 36.9 Å². The summed E-state index contributed by atoms with van der Waals surface area (Å²) < 4.78 is 5.38. The molecule has 0 spiro atoms. The largest absolute Gasteiger partial charge is 0.378 e. The number of fused-ring (bicyclic) bond motifs is 1. The number of anilines is 1. The van der Waals surface area contributed by atoms with E-state index in [1.807, 2.05) is 12.3 Å². The summed E-state index contributed by atoms with van der Waals surface area (Å²) >= 11 is 0. The van der Waals surface area contributed by atoms with Gasteiger partial charge in [-0.25, -0.2) is 4.98 Å². The van der Waals surface area contributed by atoms with Crippen LogP contribution in [-0.2, 0) is 16.1 Å². The number of pyridine rings is 1. The first-order chi connectivity index (χ1) is 12.3. The lowest BCUT2D eigenvalue weighted by atomic mass is 9.67. The molecule has 2 N–H and O–H groups in total. The Morgan fingerprint density at radius 1 is 1.36 bits per heavy atom. The Morgan fingerprint density at radius 3 is 3.04 bits per heavy atom. The molecule has 1 aliphatic carbocycles. The van der Waals surface area contributed by atoms with Gasteiger partial charge in [-0.2, -0.15) is 0 Å². The molecule has 2 saturated heterocycles. The Bertz CT molecular complexity index is 600. The third-order valence-corrected chi connectivity index (χ3v) is 6.09. The van der Waals surface area contributed by atoms with Crippen molar-refractivity contribution in [2.24, 2.45) is 11.3 Å². The minimum absolute atomic E-state index is 0.181. The second-order valence-corrected chi connectivity index (χ2v) is 7.54. The van der Waals surface area contributed by atoms with E-state index in [0.717, 1.165) is 57.2 Å². The standard InChI is InChI=1S/C19H28N4O2/c24-18(19-6-2-1-3-16(19)13-20-14-19)22-12-15-4-5-17(21-11-15)23-7-9-25-10-8-23/h4-5,11,16,20H,1-3,6-10,12-14H2,(H,22,24)/t16-,19+/m0/s1. The van der Waals surface area contributed by atoms with Crippen LogP contribution in [0.25, 0.3) is 0 Å². The second-order valence-electron chi connectivity index (χ2n) is 7.54. The van der Waals surface area contributed by atoms with Crippen molar-refractivity contribution >= 4 is 11.7 Å². The van der Waals surface area contributed by atoms with Gasteiger partial charge < -0.3 is 20.3 Å². The minimum atomic E-state index is -0.181. The zero-order valence-corrected chi connectivity index (χ0v) is 14.8. The van der Waals surface area contributed by atoms with Gasteiger partial charge in [-0.15, -0.1) is 0 Å². The predicted molar refractivity (Wildman–Crippen MR) is 96.4 cm³/mol. The van der Waals surface area contributed by atoms with Gasteiger partial charge in [0.1, 0.15) is 5.82 Å². The van der Waals surface area contributed by atoms with E-state index in [-0.39, 0.29) is 11.3 Å². The van der Waals surface area contributed by atoms with E-state index < -0.39 is 0 Å². The molecule has 1 saturated carbocycles. The summed E-state index contributed by atoms with van der Waals surface area (Å²) in [6.45, 7) is 5.68. The fourth-order valence-corrected chi connectivity index (χ4v) is 4.55. The molecule has 2 aliphatic heterocycles. The lowest BCUT2D eigenvalue weighted by molar-refractivity contribution is -0.134. The summed E-state index contributed by atoms with van der Waals surface area (Å²) in [7, 11) is 0. The van der Waals surface area contributed by atoms with Crippen LogP contribution < -0.4 is 15.5 Å². The fraction of sp³-hybridized carbons (Fsp3) is 0.684. The Labute approximate surface area is 149 Å². The van der Waals surface area contributed by atoms with Gasteiger partial charge in [-0.3, -0.25) is 4.79 Å². The summed E-state index contributed by atoms with van der Waals surface area (Å²) in [5.74, 6) is 1.71. The summed E-state index contributed by atoms with van der Waals surface area (Å²) in [5, 5.41) is 6.62. The number of carbonyl (C=O) groups is 1. The van der Waals surface area contributed by atoms with Crippen LogP contribution in [0.15, 0.2) is 18.3 Å². The van der Waals surface area contributed by atoms with E-state index in [1.54, 1.807) is 0 Å². The predicted octanol–water partition coefficient (Wildman–Crippen LogP) is 1.31. The van der Waals surface area contributed by atoms with Crippen LogP contribution in [-0.4, -0.2) is 50.3 Å². The molecule has 0 aromatic carbocycles. The zero-order valence-electron chi connectivity index (χ0n) is 14.8. The van der Waals surface area contributed by atoms with Crippen LogP contribution in [0.4, 0.5) is 5.82 Å². The number of morpholine rings is 1. The number of hydrogen-bond acceptors (Lipinski definition) is 5. The van der Waals surface area contributed by atoms with Gasteiger partial charge in [0, 0.05) is 32.4 Å². The summed E-state index contributed by atoms with van der Waals surface area (Å²) in [6.07, 6.45) is 6.50. The highest BCUT2D eigenvalue weighted by Crippen LogP contribution is 2.43. The van der Waals surface area contributed by atoms with E-state index >= 15 is 0 Å². The van der Waals surface area contributed by atoms with Crippen molar-refractivity contribution in [3.8, 4) is 0 Å². The number of aromatic nitrogens is 1. The molecule has 6 heteroatoms. The molecule has 4 rings (SSSR count). The first-order valence-electron chi connectivity index (χ1n) is 9.55. The SMILES string of the molecule is O=C(NCc1ccc(N2CCOCC2)nc1)[C@@]12CCCC[C@H]1CNC2. The van der Waals surface area contributed by atoms with E-state index in [4.69, 9.17) is 4.74 Å². The number of nitrogens with one attached hydrogen (secondary N) is 2. The van der Waals surface area contributed by atoms with Crippen molar-refractivity contribution in [2.45, 2.75) is 32.2 Å². The molecule has 3 aliphatic rings. The number of carbonyl (C=O) groups excluding carboxylic acids is 1. The average molecular weight is 344 g/mol. The van der Waals surface area contributed by atoms with Gasteiger partial charge >= 0.3 is 0 Å². The topological polar surface area (TPSA) is 66.5 Å². The monoisotopic (exact) mass is 344 g/mol. The molecular formula is C19H28N4O2. The molecule has 0 unspecified atom stereocenters. The third kappa shape index (κ3) is 3.37. The number of ether oxygens (including phenoxy) is 1. The van der Waals surface area contributed by atoms with E-state index in [1.165, 1.54) is 19.3 Å². The Kier molecular flexibility index (Phi) is 4.90. The fourth-order valence-electron chi connectivity index (χ4n) is 4.55. The number of amides is 1. The highest BCUT2D eigenvalue weighted by atomic mass is 16.5. The van der Waals surface area contributed by atoms with Gasteiger partial charge in [0.15, 0.2) is 0 Å². The van der Waals surface area contributed by atoms with Crippen molar-refractivity contribution in [2.75, 3.05) is 44.3 Å². The third-order valence-electron chi connectivity index (χ3n) is 6.09. The molecule has 3 heterocycles. The van der Waals surface area contributed by atoms with Crippen LogP contribution in [0.2, 0.25) is 0 Å². The van der Waals surface area contributed by atoms with E-state index in [2.05, 4.69) is 26.6 Å². The average Bonchev–Trinajstić information content (AvgIpc) is 3.12. The summed E-state index contributed by atoms with van der Waals surface area (Å²) in [5.41, 5.74) is 0.874. The van der Waals surface area contributed by atoms with Crippen LogP contribution in [0.3, 0.4) is 0 Å². The van der Waals surface area contributed by atoms with Crippen molar-refractivity contribution < 1.29 is 9.53 Å². The molecule has 0 radical (unpaired) electrons. The van der Waals surface area contributed by atoms with Crippen molar-refractivity contribution in [1.82, 2.24) is 15.6 Å². The van der Waals surface area contributed by atoms with Crippen LogP contribution in [0.1, 0.15) is 31.2 Å². The normalized spacial score (nSPS) is 29.3. The van der Waals surface area contributed by atoms with Crippen LogP contribution in [0.5, 0.6) is 0 Å². The minimum Gasteiger partial charge on any atom is -0.378 e. The first-order valence-corrected chi connectivity index (χ1v) is 9.55. The maximum absolute atomic E-state index is 12.9. The molecule has 3 fully saturated rings. The second kappa shape index (κ2) is 7.30. The van der Waals surface area contributed by atoms with Gasteiger partial charge in [0.25, 0.3) is 0 Å². The first kappa shape index (κ1) is 16.8. The molecule has 6 nitrogen and oxygen atoms in total. The van der Waals surface area contributed by atoms with E-state index in [0.29, 0.717) is 12.5 Å². The molecule has 136 valence electrons. The summed E-state index contributed by atoms with van der Waals surface area (Å²) in [6, 6.07) is 4.12. The Morgan fingerprint density at radius 2 is 2.24 bits per heavy atom. The summed E-state index contributed by atoms with van der Waals surface area (Å²) in [4.78, 5) is 19.7. The van der Waals surface area contributed by atoms with E-state index in [9.17, 15) is 4.79 Å². The van der Waals surface area contributed by atoms with Crippen molar-refractivity contribution in [1.29, 1.82) is 0 Å².